The van der Waals surface area contributed by atoms with Crippen LogP contribution in [0.2, 0.25) is 10.0 Å². The molecule has 7 heteroatoms. The summed E-state index contributed by atoms with van der Waals surface area (Å²) in [4.78, 5) is 13.6. The molecule has 1 aliphatic heterocycles. The van der Waals surface area contributed by atoms with Crippen molar-refractivity contribution in [3.05, 3.63) is 22.2 Å². The molecule has 1 heterocycles. The van der Waals surface area contributed by atoms with Gasteiger partial charge in [-0.05, 0) is 6.07 Å². The van der Waals surface area contributed by atoms with E-state index in [9.17, 15) is 4.79 Å². The van der Waals surface area contributed by atoms with E-state index in [0.29, 0.717) is 37.1 Å². The van der Waals surface area contributed by atoms with Gasteiger partial charge in [0.25, 0.3) is 0 Å². The summed E-state index contributed by atoms with van der Waals surface area (Å²) >= 11 is 12.0. The SMILES string of the molecule is C#CCOc1cc(OC(=O)N2CCOCC2)c(Cl)cc1Cl. The van der Waals surface area contributed by atoms with Gasteiger partial charge < -0.3 is 19.1 Å². The Labute approximate surface area is 132 Å². The van der Waals surface area contributed by atoms with Gasteiger partial charge in [-0.2, -0.15) is 0 Å². The van der Waals surface area contributed by atoms with E-state index in [-0.39, 0.29) is 17.4 Å². The summed E-state index contributed by atoms with van der Waals surface area (Å²) in [7, 11) is 0. The fourth-order valence-corrected chi connectivity index (χ4v) is 2.20. The number of halogens is 2. The normalized spacial score (nSPS) is 14.4. The Hall–Kier alpha value is -1.61. The first-order valence-corrected chi connectivity index (χ1v) is 6.97. The maximum atomic E-state index is 12.0. The monoisotopic (exact) mass is 329 g/mol. The fraction of sp³-hybridized carbons (Fsp3) is 0.357. The zero-order chi connectivity index (χ0) is 15.2. The maximum Gasteiger partial charge on any atom is 0.415 e. The topological polar surface area (TPSA) is 48.0 Å². The molecule has 0 spiro atoms. The average molecular weight is 330 g/mol. The van der Waals surface area contributed by atoms with Gasteiger partial charge in [0, 0.05) is 19.2 Å². The Balaban J connectivity index is 2.11. The van der Waals surface area contributed by atoms with Crippen molar-refractivity contribution in [1.29, 1.82) is 0 Å². The zero-order valence-corrected chi connectivity index (χ0v) is 12.6. The lowest BCUT2D eigenvalue weighted by Gasteiger charge is -2.26. The largest absolute Gasteiger partial charge is 0.479 e. The number of terminal acetylenes is 1. The highest BCUT2D eigenvalue weighted by Gasteiger charge is 2.20. The number of nitrogens with zero attached hydrogens (tertiary/aromatic N) is 1. The maximum absolute atomic E-state index is 12.0. The number of benzene rings is 1. The predicted octanol–water partition coefficient (Wildman–Crippen LogP) is 2.84. The molecule has 0 atom stereocenters. The standard InChI is InChI=1S/C14H13Cl2NO4/c1-2-5-20-12-9-13(11(16)8-10(12)15)21-14(18)17-3-6-19-7-4-17/h1,8-9H,3-7H2. The minimum absolute atomic E-state index is 0.0538. The van der Waals surface area contributed by atoms with Gasteiger partial charge in [-0.15, -0.1) is 6.42 Å². The molecule has 0 radical (unpaired) electrons. The van der Waals surface area contributed by atoms with E-state index in [2.05, 4.69) is 5.92 Å². The van der Waals surface area contributed by atoms with Crippen molar-refractivity contribution >= 4 is 29.3 Å². The molecular weight excluding hydrogens is 317 g/mol. The molecule has 21 heavy (non-hydrogen) atoms. The summed E-state index contributed by atoms with van der Waals surface area (Å²) in [6.07, 6.45) is 4.63. The molecule has 0 bridgehead atoms. The summed E-state index contributed by atoms with van der Waals surface area (Å²) in [5.41, 5.74) is 0. The van der Waals surface area contributed by atoms with E-state index in [1.54, 1.807) is 0 Å². The third kappa shape index (κ3) is 4.18. The Morgan fingerprint density at radius 3 is 2.62 bits per heavy atom. The first kappa shape index (κ1) is 15.8. The number of hydrogen-bond acceptors (Lipinski definition) is 4. The van der Waals surface area contributed by atoms with Crippen molar-refractivity contribution in [3.63, 3.8) is 0 Å². The van der Waals surface area contributed by atoms with Crippen molar-refractivity contribution in [2.45, 2.75) is 0 Å². The summed E-state index contributed by atoms with van der Waals surface area (Å²) in [5.74, 6) is 2.81. The molecular formula is C14H13Cl2NO4. The fourth-order valence-electron chi connectivity index (χ4n) is 1.72. The lowest BCUT2D eigenvalue weighted by Crippen LogP contribution is -2.42. The number of amides is 1. The molecule has 0 aliphatic carbocycles. The lowest BCUT2D eigenvalue weighted by atomic mass is 10.3. The molecule has 0 N–H and O–H groups in total. The van der Waals surface area contributed by atoms with Gasteiger partial charge in [-0.25, -0.2) is 4.79 Å². The molecule has 0 saturated carbocycles. The molecule has 0 unspecified atom stereocenters. The summed E-state index contributed by atoms with van der Waals surface area (Å²) < 4.78 is 15.7. The molecule has 112 valence electrons. The molecule has 1 amide bonds. The van der Waals surface area contributed by atoms with Gasteiger partial charge in [-0.1, -0.05) is 29.1 Å². The number of morpholine rings is 1. The van der Waals surface area contributed by atoms with Crippen LogP contribution in [0.1, 0.15) is 0 Å². The second-order valence-electron chi connectivity index (χ2n) is 4.17. The van der Waals surface area contributed by atoms with E-state index in [1.807, 2.05) is 0 Å². The van der Waals surface area contributed by atoms with E-state index < -0.39 is 6.09 Å². The van der Waals surface area contributed by atoms with Gasteiger partial charge >= 0.3 is 6.09 Å². The van der Waals surface area contributed by atoms with Crippen LogP contribution in [0.15, 0.2) is 12.1 Å². The van der Waals surface area contributed by atoms with Crippen molar-refractivity contribution < 1.29 is 19.0 Å². The smallest absolute Gasteiger partial charge is 0.415 e. The van der Waals surface area contributed by atoms with Crippen LogP contribution in [0.5, 0.6) is 11.5 Å². The second-order valence-corrected chi connectivity index (χ2v) is 4.99. The number of rotatable bonds is 3. The van der Waals surface area contributed by atoms with Gasteiger partial charge in [0.1, 0.15) is 12.4 Å². The Kier molecular flexibility index (Phi) is 5.57. The summed E-state index contributed by atoms with van der Waals surface area (Å²) in [5, 5.41) is 0.510. The van der Waals surface area contributed by atoms with Gasteiger partial charge in [0.15, 0.2) is 5.75 Å². The first-order valence-electron chi connectivity index (χ1n) is 6.21. The van der Waals surface area contributed by atoms with Crippen molar-refractivity contribution in [2.24, 2.45) is 0 Å². The number of carbonyl (C=O) groups is 1. The second kappa shape index (κ2) is 7.41. The number of hydrogen-bond donors (Lipinski definition) is 0. The predicted molar refractivity (Wildman–Crippen MR) is 79.2 cm³/mol. The highest BCUT2D eigenvalue weighted by molar-refractivity contribution is 6.36. The minimum Gasteiger partial charge on any atom is -0.479 e. The van der Waals surface area contributed by atoms with Crippen LogP contribution in [0.3, 0.4) is 0 Å². The molecule has 1 saturated heterocycles. The third-order valence-corrected chi connectivity index (χ3v) is 3.35. The minimum atomic E-state index is -0.495. The van der Waals surface area contributed by atoms with Gasteiger partial charge in [-0.3, -0.25) is 0 Å². The van der Waals surface area contributed by atoms with Crippen molar-refractivity contribution in [2.75, 3.05) is 32.9 Å². The van der Waals surface area contributed by atoms with Crippen LogP contribution < -0.4 is 9.47 Å². The van der Waals surface area contributed by atoms with Gasteiger partial charge in [0.05, 0.1) is 23.3 Å². The van der Waals surface area contributed by atoms with E-state index >= 15 is 0 Å². The Morgan fingerprint density at radius 2 is 1.95 bits per heavy atom. The summed E-state index contributed by atoms with van der Waals surface area (Å²) in [6.45, 7) is 1.98. The van der Waals surface area contributed by atoms with Crippen LogP contribution in [-0.4, -0.2) is 43.9 Å². The average Bonchev–Trinajstić information content (AvgIpc) is 2.49. The van der Waals surface area contributed by atoms with Crippen molar-refractivity contribution in [1.82, 2.24) is 4.90 Å². The lowest BCUT2D eigenvalue weighted by molar-refractivity contribution is 0.0416. The Morgan fingerprint density at radius 1 is 1.29 bits per heavy atom. The quantitative estimate of drug-likeness (QED) is 0.800. The highest BCUT2D eigenvalue weighted by Crippen LogP contribution is 2.36. The zero-order valence-electron chi connectivity index (χ0n) is 11.1. The molecule has 0 aromatic heterocycles. The van der Waals surface area contributed by atoms with E-state index in [0.717, 1.165) is 0 Å². The van der Waals surface area contributed by atoms with E-state index in [4.69, 9.17) is 43.8 Å². The van der Waals surface area contributed by atoms with Crippen LogP contribution in [0.4, 0.5) is 4.79 Å². The number of carbonyl (C=O) groups excluding carboxylic acids is 1. The highest BCUT2D eigenvalue weighted by atomic mass is 35.5. The molecule has 1 aromatic rings. The van der Waals surface area contributed by atoms with Crippen LogP contribution in [0.25, 0.3) is 0 Å². The Bertz CT molecular complexity index is 565. The third-order valence-electron chi connectivity index (χ3n) is 2.76. The molecule has 1 aromatic carbocycles. The molecule has 1 aliphatic rings. The molecule has 1 fully saturated rings. The molecule has 2 rings (SSSR count). The van der Waals surface area contributed by atoms with E-state index in [1.165, 1.54) is 17.0 Å². The van der Waals surface area contributed by atoms with Crippen LogP contribution in [0, 0.1) is 12.3 Å². The summed E-state index contributed by atoms with van der Waals surface area (Å²) in [6, 6.07) is 2.89. The number of ether oxygens (including phenoxy) is 3. The van der Waals surface area contributed by atoms with Crippen LogP contribution in [-0.2, 0) is 4.74 Å². The molecule has 5 nitrogen and oxygen atoms in total. The first-order chi connectivity index (χ1) is 10.1. The van der Waals surface area contributed by atoms with Crippen molar-refractivity contribution in [3.8, 4) is 23.8 Å². The van der Waals surface area contributed by atoms with Crippen LogP contribution >= 0.6 is 23.2 Å². The van der Waals surface area contributed by atoms with Gasteiger partial charge in [0.2, 0.25) is 0 Å².